The molecule has 5 rings (SSSR count). The van der Waals surface area contributed by atoms with Gasteiger partial charge in [-0.1, -0.05) is 42.8 Å². The number of thiophene rings is 1. The van der Waals surface area contributed by atoms with E-state index < -0.39 is 20.5 Å². The molecule has 0 radical (unpaired) electrons. The summed E-state index contributed by atoms with van der Waals surface area (Å²) in [6.45, 7) is 0.644. The van der Waals surface area contributed by atoms with E-state index in [1.54, 1.807) is 11.5 Å². The van der Waals surface area contributed by atoms with Gasteiger partial charge in [0.2, 0.25) is 11.8 Å². The molecule has 0 spiro atoms. The smallest absolute Gasteiger partial charge is 0.245 e. The highest BCUT2D eigenvalue weighted by Crippen LogP contribution is 2.47. The first-order valence-corrected chi connectivity index (χ1v) is 14.8. The SMILES string of the molecule is O=C(C[C@]1(c2ccc(-c3cccc(NC(=O)[C@@H]4Cc5ccccc5CN4)c3)s2)CCCCS1(=O)=O)NO. The largest absolute Gasteiger partial charge is 0.325 e. The minimum Gasteiger partial charge on any atom is -0.325 e. The minimum atomic E-state index is -3.60. The van der Waals surface area contributed by atoms with Gasteiger partial charge in [-0.15, -0.1) is 11.3 Å². The molecule has 2 aromatic carbocycles. The fourth-order valence-corrected chi connectivity index (χ4v) is 9.05. The van der Waals surface area contributed by atoms with E-state index in [-0.39, 0.29) is 24.1 Å². The number of amides is 2. The average molecular weight is 540 g/mol. The topological polar surface area (TPSA) is 125 Å². The van der Waals surface area contributed by atoms with Gasteiger partial charge < -0.3 is 10.6 Å². The molecule has 1 aromatic heterocycles. The first-order valence-electron chi connectivity index (χ1n) is 12.3. The number of nitrogens with one attached hydrogen (secondary N) is 3. The Balaban J connectivity index is 1.37. The lowest BCUT2D eigenvalue weighted by atomic mass is 9.94. The zero-order valence-electron chi connectivity index (χ0n) is 20.2. The lowest BCUT2D eigenvalue weighted by Crippen LogP contribution is -2.44. The molecule has 3 aromatic rings. The summed E-state index contributed by atoms with van der Waals surface area (Å²) in [6.07, 6.45) is 1.88. The number of fused-ring (bicyclic) bond motifs is 1. The number of benzene rings is 2. The number of anilines is 1. The second-order valence-corrected chi connectivity index (χ2v) is 13.1. The van der Waals surface area contributed by atoms with Gasteiger partial charge in [0.25, 0.3) is 0 Å². The predicted molar refractivity (Wildman–Crippen MR) is 143 cm³/mol. The summed E-state index contributed by atoms with van der Waals surface area (Å²) in [5, 5.41) is 15.4. The summed E-state index contributed by atoms with van der Waals surface area (Å²) in [4.78, 5) is 26.5. The van der Waals surface area contributed by atoms with Crippen LogP contribution in [0.2, 0.25) is 0 Å². The molecule has 2 atom stereocenters. The molecule has 10 heteroatoms. The van der Waals surface area contributed by atoms with Crippen LogP contribution in [0.3, 0.4) is 0 Å². The van der Waals surface area contributed by atoms with Crippen LogP contribution in [0.5, 0.6) is 0 Å². The van der Waals surface area contributed by atoms with Crippen LogP contribution in [-0.2, 0) is 37.1 Å². The van der Waals surface area contributed by atoms with Crippen molar-refractivity contribution < 1.29 is 23.2 Å². The second-order valence-electron chi connectivity index (χ2n) is 9.62. The molecule has 0 unspecified atom stereocenters. The summed E-state index contributed by atoms with van der Waals surface area (Å²) in [7, 11) is -3.60. The molecule has 8 nitrogen and oxygen atoms in total. The Hall–Kier alpha value is -3.05. The van der Waals surface area contributed by atoms with Crippen LogP contribution >= 0.6 is 11.3 Å². The van der Waals surface area contributed by atoms with E-state index in [9.17, 15) is 18.0 Å². The Bertz CT molecular complexity index is 1440. The van der Waals surface area contributed by atoms with E-state index in [1.165, 1.54) is 22.5 Å². The third-order valence-corrected chi connectivity index (χ3v) is 11.3. The van der Waals surface area contributed by atoms with Crippen molar-refractivity contribution in [1.82, 2.24) is 10.8 Å². The fraction of sp³-hybridized carbons (Fsp3) is 0.333. The Kier molecular flexibility index (Phi) is 7.17. The molecule has 1 saturated heterocycles. The molecular formula is C27H29N3O5S2. The normalized spacial score (nSPS) is 22.6. The van der Waals surface area contributed by atoms with E-state index in [4.69, 9.17) is 5.21 Å². The van der Waals surface area contributed by atoms with Crippen molar-refractivity contribution in [2.24, 2.45) is 0 Å². The number of carbonyl (C=O) groups excluding carboxylic acids is 2. The maximum Gasteiger partial charge on any atom is 0.245 e. The predicted octanol–water partition coefficient (Wildman–Crippen LogP) is 3.76. The first kappa shape index (κ1) is 25.6. The number of hydrogen-bond acceptors (Lipinski definition) is 7. The molecule has 194 valence electrons. The maximum atomic E-state index is 13.2. The number of hydrogen-bond donors (Lipinski definition) is 4. The first-order chi connectivity index (χ1) is 17.8. The zero-order chi connectivity index (χ0) is 26.0. The lowest BCUT2D eigenvalue weighted by Gasteiger charge is -2.35. The van der Waals surface area contributed by atoms with Crippen LogP contribution in [0.25, 0.3) is 10.4 Å². The summed E-state index contributed by atoms with van der Waals surface area (Å²) >= 11 is 1.33. The zero-order valence-corrected chi connectivity index (χ0v) is 21.8. The standard InChI is InChI=1S/C27H29N3O5S2/c31-25(30-33)16-27(12-3-4-13-37(27,34)35)24-11-10-23(36-24)19-8-5-9-21(14-19)29-26(32)22-15-18-6-1-2-7-20(18)17-28-22/h1-2,5-11,14,22,28,33H,3-4,12-13,15-17H2,(H,29,32)(H,30,31)/t22-,27-/m0/s1. The van der Waals surface area contributed by atoms with Gasteiger partial charge in [0.05, 0.1) is 18.2 Å². The van der Waals surface area contributed by atoms with E-state index in [1.807, 2.05) is 42.5 Å². The van der Waals surface area contributed by atoms with Gasteiger partial charge in [-0.2, -0.15) is 0 Å². The second kappa shape index (κ2) is 10.4. The fourth-order valence-electron chi connectivity index (χ4n) is 5.27. The van der Waals surface area contributed by atoms with Crippen LogP contribution < -0.4 is 16.1 Å². The molecule has 2 aliphatic rings. The van der Waals surface area contributed by atoms with Crippen LogP contribution in [0.4, 0.5) is 5.69 Å². The van der Waals surface area contributed by atoms with Crippen LogP contribution in [0.15, 0.2) is 60.7 Å². The molecule has 0 saturated carbocycles. The molecule has 1 fully saturated rings. The van der Waals surface area contributed by atoms with Crippen molar-refractivity contribution in [2.45, 2.75) is 49.4 Å². The Morgan fingerprint density at radius 1 is 1.05 bits per heavy atom. The number of carbonyl (C=O) groups is 2. The summed E-state index contributed by atoms with van der Waals surface area (Å²) in [5.74, 6) is -0.815. The highest BCUT2D eigenvalue weighted by Gasteiger charge is 2.49. The summed E-state index contributed by atoms with van der Waals surface area (Å²) < 4.78 is 25.0. The molecule has 3 heterocycles. The van der Waals surface area contributed by atoms with Crippen LogP contribution in [-0.4, -0.2) is 37.2 Å². The van der Waals surface area contributed by atoms with Crippen molar-refractivity contribution in [3.63, 3.8) is 0 Å². The number of sulfone groups is 1. The van der Waals surface area contributed by atoms with Gasteiger partial charge in [-0.3, -0.25) is 14.8 Å². The highest BCUT2D eigenvalue weighted by molar-refractivity contribution is 7.92. The van der Waals surface area contributed by atoms with Gasteiger partial charge in [-0.05, 0) is 60.2 Å². The Morgan fingerprint density at radius 2 is 1.86 bits per heavy atom. The molecule has 0 aliphatic carbocycles. The third kappa shape index (κ3) is 5.06. The molecule has 0 bridgehead atoms. The Labute approximate surface area is 220 Å². The van der Waals surface area contributed by atoms with Crippen molar-refractivity contribution in [2.75, 3.05) is 11.1 Å². The van der Waals surface area contributed by atoms with Crippen LogP contribution in [0.1, 0.15) is 41.7 Å². The third-order valence-electron chi connectivity index (χ3n) is 7.28. The monoisotopic (exact) mass is 539 g/mol. The van der Waals surface area contributed by atoms with E-state index in [2.05, 4.69) is 22.8 Å². The highest BCUT2D eigenvalue weighted by atomic mass is 32.2. The maximum absolute atomic E-state index is 13.2. The number of rotatable bonds is 6. The minimum absolute atomic E-state index is 0.0140. The van der Waals surface area contributed by atoms with Crippen molar-refractivity contribution in [3.05, 3.63) is 76.7 Å². The van der Waals surface area contributed by atoms with Gasteiger partial charge in [-0.25, -0.2) is 13.9 Å². The molecule has 2 amide bonds. The quantitative estimate of drug-likeness (QED) is 0.279. The molecule has 2 aliphatic heterocycles. The number of hydroxylamine groups is 1. The summed E-state index contributed by atoms with van der Waals surface area (Å²) in [6, 6.07) is 18.8. The van der Waals surface area contributed by atoms with Crippen molar-refractivity contribution in [1.29, 1.82) is 0 Å². The molecule has 4 N–H and O–H groups in total. The van der Waals surface area contributed by atoms with E-state index >= 15 is 0 Å². The van der Waals surface area contributed by atoms with Gasteiger partial charge in [0.1, 0.15) is 4.75 Å². The van der Waals surface area contributed by atoms with E-state index in [0.717, 1.165) is 10.4 Å². The van der Waals surface area contributed by atoms with Crippen LogP contribution in [0, 0.1) is 0 Å². The van der Waals surface area contributed by atoms with Gasteiger partial charge >= 0.3 is 0 Å². The lowest BCUT2D eigenvalue weighted by molar-refractivity contribution is -0.130. The van der Waals surface area contributed by atoms with Gasteiger partial charge in [0, 0.05) is 22.0 Å². The molecular weight excluding hydrogens is 510 g/mol. The molecule has 37 heavy (non-hydrogen) atoms. The van der Waals surface area contributed by atoms with Crippen molar-refractivity contribution >= 4 is 38.7 Å². The average Bonchev–Trinajstić information content (AvgIpc) is 3.40. The van der Waals surface area contributed by atoms with Crippen molar-refractivity contribution in [3.8, 4) is 10.4 Å². The van der Waals surface area contributed by atoms with E-state index in [0.29, 0.717) is 42.8 Å². The summed E-state index contributed by atoms with van der Waals surface area (Å²) in [5.41, 5.74) is 5.46. The van der Waals surface area contributed by atoms with Gasteiger partial charge in [0.15, 0.2) is 9.84 Å². The Morgan fingerprint density at radius 3 is 2.65 bits per heavy atom.